The SMILES string of the molecule is C=CCn1c(=O)c2cnc(Nc3ccc4c(c3)C(=O)N(C)CC4)nc2n1-c1cccc(C(C)(C)O)n1.C=CCn1c(=O)c2cnc(Nc3ccc4c(c3)CCCN4C)nc2n1-c1cccc(C(C)(C)O)n1.C=CCn1c(=O)c2cnc(Nc3ccc4c(c3)CN(C(C)C)CC4)nc2n1-c1cccc(C(C)(C)O)n1. The molecule has 0 bridgehead atoms. The van der Waals surface area contributed by atoms with E-state index in [1.165, 1.54) is 48.8 Å². The number of aryl methyl sites for hydroxylation is 1. The molecular weight excluding hydrogens is 1370 g/mol. The van der Waals surface area contributed by atoms with Crippen molar-refractivity contribution in [3.8, 4) is 17.5 Å². The molecule has 28 nitrogen and oxygen atoms in total. The Kier molecular flexibility index (Phi) is 20.6. The van der Waals surface area contributed by atoms with Crippen molar-refractivity contribution >= 4 is 79.6 Å². The van der Waals surface area contributed by atoms with Gasteiger partial charge < -0.3 is 41.1 Å². The Balaban J connectivity index is 0.000000143. The van der Waals surface area contributed by atoms with Crippen LogP contribution in [0.15, 0.2) is 180 Å². The van der Waals surface area contributed by atoms with Crippen molar-refractivity contribution in [3.05, 3.63) is 242 Å². The maximum absolute atomic E-state index is 13.2. The largest absolute Gasteiger partial charge is 0.384 e. The van der Waals surface area contributed by atoms with Crippen molar-refractivity contribution in [1.82, 2.24) is 82.7 Å². The molecule has 3 aliphatic rings. The second kappa shape index (κ2) is 30.0. The summed E-state index contributed by atoms with van der Waals surface area (Å²) in [6.07, 6.45) is 13.5. The first-order valence-electron chi connectivity index (χ1n) is 35.9. The lowest BCUT2D eigenvalue weighted by atomic mass is 9.98. The minimum atomic E-state index is -1.16. The lowest BCUT2D eigenvalue weighted by molar-refractivity contribution is 0.0733. The molecule has 3 aromatic carbocycles. The van der Waals surface area contributed by atoms with Crippen molar-refractivity contribution < 1.29 is 20.1 Å². The van der Waals surface area contributed by atoms with Gasteiger partial charge in [0.05, 0.1) is 36.7 Å². The maximum Gasteiger partial charge on any atom is 0.278 e. The van der Waals surface area contributed by atoms with E-state index < -0.39 is 16.8 Å². The summed E-state index contributed by atoms with van der Waals surface area (Å²) in [5, 5.41) is 42.3. The number of benzene rings is 3. The molecule has 12 aromatic rings. The van der Waals surface area contributed by atoms with E-state index in [2.05, 4.69) is 126 Å². The molecule has 28 heteroatoms. The summed E-state index contributed by atoms with van der Waals surface area (Å²) in [5.74, 6) is 2.37. The van der Waals surface area contributed by atoms with Gasteiger partial charge in [0.1, 0.15) is 33.0 Å². The van der Waals surface area contributed by atoms with E-state index in [1.54, 1.807) is 153 Å². The van der Waals surface area contributed by atoms with Gasteiger partial charge in [-0.15, -0.1) is 19.7 Å². The number of aromatic nitrogens is 15. The average Bonchev–Trinajstić information content (AvgIpc) is 1.61. The standard InChI is InChI=1S/C28H33N7O2.C26H27N7O3.C26H29N7O2/c1-6-13-34-26(36)22-16-29-27(30-21-11-10-19-12-14-33(18(2)3)17-20(19)15-21)32-25(22)35(34)24-9-7-8-23(31-24)28(4,5)37;1-5-12-32-24(35)19-15-27-25(28-17-10-9-16-11-13-31(4)23(34)18(16)14-17)30-22(19)33(32)21-8-6-7-20(29-21)26(2,3)36;1-5-13-32-24(34)19-16-27-25(28-18-11-12-20-17(15-18)8-7-14-31(20)4)30-23(19)33(32)22-10-6-9-21(29-22)26(2,3)35/h6-11,15-16,18,37H,1,12-14,17H2,2-5H3,(H,29,30,32);5-10,14-15,36H,1,11-13H2,2-4H3,(H,27,28,30);5-6,9-12,15-16,35H,1,7-8,13-14H2,2-4H3,(H,27,28,30). The van der Waals surface area contributed by atoms with E-state index in [9.17, 15) is 34.5 Å². The Bertz CT molecular complexity index is 5670. The molecule has 3 aliphatic heterocycles. The van der Waals surface area contributed by atoms with Crippen LogP contribution < -0.4 is 37.5 Å². The predicted octanol–water partition coefficient (Wildman–Crippen LogP) is 10.2. The fourth-order valence-corrected chi connectivity index (χ4v) is 13.5. The summed E-state index contributed by atoms with van der Waals surface area (Å²) in [7, 11) is 3.90. The third kappa shape index (κ3) is 15.2. The number of nitrogens with one attached hydrogen (secondary N) is 3. The summed E-state index contributed by atoms with van der Waals surface area (Å²) in [4.78, 5) is 99.7. The molecule has 9 aromatic heterocycles. The van der Waals surface area contributed by atoms with Crippen LogP contribution in [0, 0.1) is 0 Å². The monoisotopic (exact) mass is 1460 g/mol. The van der Waals surface area contributed by atoms with Crippen molar-refractivity contribution in [2.45, 2.75) is 130 Å². The van der Waals surface area contributed by atoms with Gasteiger partial charge in [0.25, 0.3) is 22.6 Å². The van der Waals surface area contributed by atoms with Gasteiger partial charge in [0, 0.05) is 93.2 Å². The first-order chi connectivity index (χ1) is 51.6. The van der Waals surface area contributed by atoms with Gasteiger partial charge in [-0.05, 0) is 182 Å². The highest BCUT2D eigenvalue weighted by atomic mass is 16.3. The average molecular weight is 1460 g/mol. The molecule has 556 valence electrons. The minimum absolute atomic E-state index is 0.0237. The Morgan fingerprint density at radius 1 is 0.463 bits per heavy atom. The lowest BCUT2D eigenvalue weighted by Gasteiger charge is -2.32. The molecule has 0 atom stereocenters. The zero-order chi connectivity index (χ0) is 76.7. The third-order valence-corrected chi connectivity index (χ3v) is 19.2. The quantitative estimate of drug-likeness (QED) is 0.0410. The van der Waals surface area contributed by atoms with Crippen LogP contribution in [0.25, 0.3) is 50.6 Å². The second-order valence-electron chi connectivity index (χ2n) is 29.0. The molecular formula is C80H89N21O7. The van der Waals surface area contributed by atoms with Crippen LogP contribution in [0.3, 0.4) is 0 Å². The Morgan fingerprint density at radius 3 is 1.28 bits per heavy atom. The van der Waals surface area contributed by atoms with Gasteiger partial charge in [-0.25, -0.2) is 58.0 Å². The van der Waals surface area contributed by atoms with Crippen LogP contribution in [0.1, 0.15) is 112 Å². The molecule has 108 heavy (non-hydrogen) atoms. The van der Waals surface area contributed by atoms with Crippen molar-refractivity contribution in [2.75, 3.05) is 54.6 Å². The Morgan fingerprint density at radius 2 is 0.861 bits per heavy atom. The number of amides is 1. The Labute approximate surface area is 623 Å². The number of nitrogens with zero attached hydrogens (tertiary/aromatic N) is 18. The number of likely N-dealkylation sites (N-methyl/N-ethyl adjacent to an activating group) is 1. The summed E-state index contributed by atoms with van der Waals surface area (Å²) in [6.45, 7) is 30.3. The highest BCUT2D eigenvalue weighted by Gasteiger charge is 2.28. The zero-order valence-corrected chi connectivity index (χ0v) is 62.4. The van der Waals surface area contributed by atoms with Crippen LogP contribution in [-0.2, 0) is 62.2 Å². The summed E-state index contributed by atoms with van der Waals surface area (Å²) < 4.78 is 9.43. The number of hydrogen-bond acceptors (Lipinski definition) is 21. The van der Waals surface area contributed by atoms with Crippen molar-refractivity contribution in [1.29, 1.82) is 0 Å². The highest BCUT2D eigenvalue weighted by Crippen LogP contribution is 2.33. The highest BCUT2D eigenvalue weighted by molar-refractivity contribution is 5.97. The molecule has 6 N–H and O–H groups in total. The molecule has 0 unspecified atom stereocenters. The van der Waals surface area contributed by atoms with Crippen LogP contribution >= 0.6 is 0 Å². The summed E-state index contributed by atoms with van der Waals surface area (Å²) >= 11 is 0. The normalized spacial score (nSPS) is 13.9. The molecule has 15 rings (SSSR count). The van der Waals surface area contributed by atoms with Crippen LogP contribution in [-0.4, -0.2) is 144 Å². The number of anilines is 7. The maximum atomic E-state index is 13.2. The number of allylic oxidation sites excluding steroid dienone is 3. The topological polar surface area (TPSA) is 320 Å². The fraction of sp³-hybridized carbons (Fsp3) is 0.312. The number of hydrogen-bond donors (Lipinski definition) is 6. The number of rotatable bonds is 19. The van der Waals surface area contributed by atoms with E-state index >= 15 is 0 Å². The van der Waals surface area contributed by atoms with Gasteiger partial charge in [0.15, 0.2) is 34.4 Å². The van der Waals surface area contributed by atoms with Crippen molar-refractivity contribution in [3.63, 3.8) is 0 Å². The van der Waals surface area contributed by atoms with Gasteiger partial charge in [-0.3, -0.25) is 24.1 Å². The van der Waals surface area contributed by atoms with Gasteiger partial charge in [-0.2, -0.15) is 15.0 Å². The van der Waals surface area contributed by atoms with Crippen molar-refractivity contribution in [2.24, 2.45) is 0 Å². The van der Waals surface area contributed by atoms with Gasteiger partial charge >= 0.3 is 0 Å². The van der Waals surface area contributed by atoms with E-state index in [1.807, 2.05) is 24.3 Å². The smallest absolute Gasteiger partial charge is 0.278 e. The number of pyridine rings is 3. The number of carbonyl (C=O) groups is 1. The molecule has 0 aliphatic carbocycles. The summed E-state index contributed by atoms with van der Waals surface area (Å²) in [6, 6.07) is 34.6. The van der Waals surface area contributed by atoms with Gasteiger partial charge in [0.2, 0.25) is 17.8 Å². The van der Waals surface area contributed by atoms with Gasteiger partial charge in [-0.1, -0.05) is 48.6 Å². The third-order valence-electron chi connectivity index (χ3n) is 19.2. The van der Waals surface area contributed by atoms with E-state index in [0.29, 0.717) is 103 Å². The number of fused-ring (bicyclic) bond motifs is 6. The molecule has 12 heterocycles. The van der Waals surface area contributed by atoms with Crippen LogP contribution in [0.5, 0.6) is 0 Å². The first kappa shape index (κ1) is 74.2. The zero-order valence-electron chi connectivity index (χ0n) is 62.4. The molecule has 1 amide bonds. The molecule has 0 fully saturated rings. The summed E-state index contributed by atoms with van der Waals surface area (Å²) in [5.41, 5.74) is 7.74. The van der Waals surface area contributed by atoms with E-state index in [4.69, 9.17) is 9.97 Å². The molecule has 0 radical (unpaired) electrons. The van der Waals surface area contributed by atoms with Crippen LogP contribution in [0.2, 0.25) is 0 Å². The predicted molar refractivity (Wildman–Crippen MR) is 420 cm³/mol. The van der Waals surface area contributed by atoms with E-state index in [-0.39, 0.29) is 48.2 Å². The second-order valence-corrected chi connectivity index (χ2v) is 29.0. The van der Waals surface area contributed by atoms with Crippen LogP contribution in [0.4, 0.5) is 40.6 Å². The Hall–Kier alpha value is -12.1. The first-order valence-corrected chi connectivity index (χ1v) is 35.9. The fourth-order valence-electron chi connectivity index (χ4n) is 13.5. The van der Waals surface area contributed by atoms with E-state index in [0.717, 1.165) is 62.3 Å². The number of aliphatic hydroxyl groups is 3. The molecule has 0 saturated carbocycles. The number of carbonyl (C=O) groups excluding carboxylic acids is 1. The minimum Gasteiger partial charge on any atom is -0.384 e. The molecule has 0 spiro atoms. The lowest BCUT2D eigenvalue weighted by Crippen LogP contribution is -2.35. The molecule has 0 saturated heterocycles.